The molecule has 0 saturated heterocycles. The third-order valence-corrected chi connectivity index (χ3v) is 4.40. The van der Waals surface area contributed by atoms with Crippen LogP contribution in [0.5, 0.6) is 0 Å². The molecule has 0 spiro atoms. The van der Waals surface area contributed by atoms with Crippen LogP contribution >= 0.6 is 11.8 Å². The van der Waals surface area contributed by atoms with Gasteiger partial charge in [0.25, 0.3) is 0 Å². The second-order valence-electron chi connectivity index (χ2n) is 4.94. The van der Waals surface area contributed by atoms with Crippen molar-refractivity contribution in [2.75, 3.05) is 17.7 Å². The highest BCUT2D eigenvalue weighted by Gasteiger charge is 2.30. The molecule has 0 unspecified atom stereocenters. The highest BCUT2D eigenvalue weighted by molar-refractivity contribution is 7.98. The van der Waals surface area contributed by atoms with Gasteiger partial charge in [0.2, 0.25) is 0 Å². The predicted molar refractivity (Wildman–Crippen MR) is 81.4 cm³/mol. The Labute approximate surface area is 115 Å². The minimum absolute atomic E-state index is 0.641. The molecule has 0 atom stereocenters. The fourth-order valence-electron chi connectivity index (χ4n) is 2.43. The maximum absolute atomic E-state index is 5.97. The van der Waals surface area contributed by atoms with Gasteiger partial charge in [-0.1, -0.05) is 19.4 Å². The molecular weight excluding hydrogens is 240 g/mol. The molecule has 1 aliphatic rings. The number of nitrogens with zero attached hydrogens (tertiary/aromatic N) is 1. The zero-order valence-corrected chi connectivity index (χ0v) is 12.3. The standard InChI is InChI=1S/C15H24N2S/c1-3-4-10-17(12-8-9-12)14-6-5-7-15(18-2)13(14)11-16/h5-7,12H,3-4,8-11,16H2,1-2H3. The van der Waals surface area contributed by atoms with Gasteiger partial charge in [-0.3, -0.25) is 0 Å². The first-order valence-electron chi connectivity index (χ1n) is 6.94. The van der Waals surface area contributed by atoms with Crippen molar-refractivity contribution in [3.63, 3.8) is 0 Å². The first-order chi connectivity index (χ1) is 8.81. The van der Waals surface area contributed by atoms with Crippen LogP contribution in [-0.4, -0.2) is 18.8 Å². The van der Waals surface area contributed by atoms with Gasteiger partial charge in [-0.2, -0.15) is 0 Å². The molecule has 0 aromatic heterocycles. The molecule has 1 aromatic rings. The minimum atomic E-state index is 0.641. The summed E-state index contributed by atoms with van der Waals surface area (Å²) in [7, 11) is 0. The largest absolute Gasteiger partial charge is 0.368 e. The first-order valence-corrected chi connectivity index (χ1v) is 8.16. The van der Waals surface area contributed by atoms with Crippen LogP contribution in [0.15, 0.2) is 23.1 Å². The first kappa shape index (κ1) is 13.8. The summed E-state index contributed by atoms with van der Waals surface area (Å²) in [6.45, 7) is 4.07. The third-order valence-electron chi connectivity index (χ3n) is 3.58. The monoisotopic (exact) mass is 264 g/mol. The molecule has 1 aliphatic carbocycles. The van der Waals surface area contributed by atoms with Gasteiger partial charge in [0.15, 0.2) is 0 Å². The SMILES string of the molecule is CCCCN(c1cccc(SC)c1CN)C1CC1. The van der Waals surface area contributed by atoms with Crippen LogP contribution in [0.1, 0.15) is 38.2 Å². The van der Waals surface area contributed by atoms with Crippen molar-refractivity contribution in [2.45, 2.75) is 50.1 Å². The maximum atomic E-state index is 5.97. The minimum Gasteiger partial charge on any atom is -0.368 e. The summed E-state index contributed by atoms with van der Waals surface area (Å²) in [6.07, 6.45) is 7.34. The van der Waals surface area contributed by atoms with Crippen LogP contribution in [0, 0.1) is 0 Å². The zero-order valence-electron chi connectivity index (χ0n) is 11.5. The van der Waals surface area contributed by atoms with Gasteiger partial charge in [0, 0.05) is 35.3 Å². The van der Waals surface area contributed by atoms with E-state index in [9.17, 15) is 0 Å². The predicted octanol–water partition coefficient (Wildman–Crippen LogP) is 3.64. The number of thioether (sulfide) groups is 1. The van der Waals surface area contributed by atoms with E-state index in [0.29, 0.717) is 6.54 Å². The Morgan fingerprint density at radius 3 is 2.72 bits per heavy atom. The summed E-state index contributed by atoms with van der Waals surface area (Å²) in [4.78, 5) is 3.92. The lowest BCUT2D eigenvalue weighted by Crippen LogP contribution is -2.28. The smallest absolute Gasteiger partial charge is 0.0425 e. The van der Waals surface area contributed by atoms with Gasteiger partial charge in [-0.05, 0) is 37.7 Å². The van der Waals surface area contributed by atoms with Gasteiger partial charge in [-0.25, -0.2) is 0 Å². The van der Waals surface area contributed by atoms with Crippen LogP contribution < -0.4 is 10.6 Å². The number of benzene rings is 1. The fourth-order valence-corrected chi connectivity index (χ4v) is 3.08. The molecule has 1 saturated carbocycles. The van der Waals surface area contributed by atoms with E-state index in [2.05, 4.69) is 36.3 Å². The van der Waals surface area contributed by atoms with E-state index in [4.69, 9.17) is 5.73 Å². The lowest BCUT2D eigenvalue weighted by molar-refractivity contribution is 0.708. The Morgan fingerprint density at radius 1 is 1.39 bits per heavy atom. The van der Waals surface area contributed by atoms with Crippen molar-refractivity contribution in [3.05, 3.63) is 23.8 Å². The number of nitrogens with two attached hydrogens (primary N) is 1. The summed E-state index contributed by atoms with van der Waals surface area (Å²) in [6, 6.07) is 7.36. The second kappa shape index (κ2) is 6.48. The van der Waals surface area contributed by atoms with Crippen LogP contribution in [0.3, 0.4) is 0 Å². The van der Waals surface area contributed by atoms with Crippen molar-refractivity contribution in [1.82, 2.24) is 0 Å². The lowest BCUT2D eigenvalue weighted by atomic mass is 10.1. The summed E-state index contributed by atoms with van der Waals surface area (Å²) in [5, 5.41) is 0. The van der Waals surface area contributed by atoms with Gasteiger partial charge in [0.1, 0.15) is 0 Å². The number of unbranched alkanes of at least 4 members (excludes halogenated alkanes) is 1. The molecular formula is C15H24N2S. The second-order valence-corrected chi connectivity index (χ2v) is 5.79. The van der Waals surface area contributed by atoms with Gasteiger partial charge in [0.05, 0.1) is 0 Å². The lowest BCUT2D eigenvalue weighted by Gasteiger charge is -2.28. The quantitative estimate of drug-likeness (QED) is 0.762. The molecule has 1 fully saturated rings. The third kappa shape index (κ3) is 3.01. The molecule has 0 amide bonds. The van der Waals surface area contributed by atoms with Crippen molar-refractivity contribution < 1.29 is 0 Å². The number of anilines is 1. The van der Waals surface area contributed by atoms with E-state index < -0.39 is 0 Å². The zero-order chi connectivity index (χ0) is 13.0. The molecule has 18 heavy (non-hydrogen) atoms. The van der Waals surface area contributed by atoms with E-state index in [1.807, 2.05) is 0 Å². The van der Waals surface area contributed by atoms with Crippen LogP contribution in [0.2, 0.25) is 0 Å². The summed E-state index contributed by atoms with van der Waals surface area (Å²) in [5.74, 6) is 0. The van der Waals surface area contributed by atoms with Crippen molar-refractivity contribution >= 4 is 17.4 Å². The fraction of sp³-hybridized carbons (Fsp3) is 0.600. The molecule has 0 radical (unpaired) electrons. The van der Waals surface area contributed by atoms with Gasteiger partial charge in [-0.15, -0.1) is 11.8 Å². The van der Waals surface area contributed by atoms with E-state index in [-0.39, 0.29) is 0 Å². The van der Waals surface area contributed by atoms with E-state index in [1.54, 1.807) is 11.8 Å². The van der Waals surface area contributed by atoms with Crippen molar-refractivity contribution in [2.24, 2.45) is 5.73 Å². The average Bonchev–Trinajstić information content (AvgIpc) is 3.23. The molecule has 2 N–H and O–H groups in total. The van der Waals surface area contributed by atoms with Crippen LogP contribution in [0.4, 0.5) is 5.69 Å². The molecule has 3 heteroatoms. The highest BCUT2D eigenvalue weighted by atomic mass is 32.2. The van der Waals surface area contributed by atoms with Crippen LogP contribution in [0.25, 0.3) is 0 Å². The Morgan fingerprint density at radius 2 is 2.17 bits per heavy atom. The van der Waals surface area contributed by atoms with Crippen molar-refractivity contribution in [1.29, 1.82) is 0 Å². The van der Waals surface area contributed by atoms with Gasteiger partial charge >= 0.3 is 0 Å². The molecule has 2 rings (SSSR count). The highest BCUT2D eigenvalue weighted by Crippen LogP contribution is 2.36. The molecule has 2 nitrogen and oxygen atoms in total. The average molecular weight is 264 g/mol. The Hall–Kier alpha value is -0.670. The molecule has 1 aromatic carbocycles. The molecule has 0 aliphatic heterocycles. The topological polar surface area (TPSA) is 29.3 Å². The number of hydrogen-bond acceptors (Lipinski definition) is 3. The molecule has 0 bridgehead atoms. The number of rotatable bonds is 7. The Balaban J connectivity index is 2.28. The summed E-state index contributed by atoms with van der Waals surface area (Å²) >= 11 is 1.80. The maximum Gasteiger partial charge on any atom is 0.0425 e. The summed E-state index contributed by atoms with van der Waals surface area (Å²) < 4.78 is 0. The Bertz CT molecular complexity index is 388. The van der Waals surface area contributed by atoms with E-state index >= 15 is 0 Å². The number of hydrogen-bond donors (Lipinski definition) is 1. The normalized spacial score (nSPS) is 14.8. The molecule has 0 heterocycles. The van der Waals surface area contributed by atoms with Gasteiger partial charge < -0.3 is 10.6 Å². The van der Waals surface area contributed by atoms with E-state index in [0.717, 1.165) is 6.04 Å². The molecule has 100 valence electrons. The van der Waals surface area contributed by atoms with Crippen molar-refractivity contribution in [3.8, 4) is 0 Å². The van der Waals surface area contributed by atoms with E-state index in [1.165, 1.54) is 48.4 Å². The Kier molecular flexibility index (Phi) is 4.95. The summed E-state index contributed by atoms with van der Waals surface area (Å²) in [5.41, 5.74) is 8.68. The van der Waals surface area contributed by atoms with Crippen LogP contribution in [-0.2, 0) is 6.54 Å².